The van der Waals surface area contributed by atoms with Crippen LogP contribution in [0.4, 0.5) is 0 Å². The van der Waals surface area contributed by atoms with Crippen LogP contribution in [0, 0.1) is 0 Å². The van der Waals surface area contributed by atoms with Gasteiger partial charge in [0.2, 0.25) is 0 Å². The van der Waals surface area contributed by atoms with Crippen molar-refractivity contribution >= 4 is 23.0 Å². The molecule has 21 heavy (non-hydrogen) atoms. The lowest BCUT2D eigenvalue weighted by Gasteiger charge is -2.01. The van der Waals surface area contributed by atoms with Crippen LogP contribution in [-0.2, 0) is 0 Å². The number of hydrazone groups is 1. The van der Waals surface area contributed by atoms with Crippen LogP contribution in [0.5, 0.6) is 0 Å². The maximum Gasteiger partial charge on any atom is 0.272 e. The third kappa shape index (κ3) is 2.92. The Morgan fingerprint density at radius 1 is 1.10 bits per heavy atom. The molecule has 0 aliphatic carbocycles. The number of para-hydroxylation sites is 1. The Morgan fingerprint density at radius 3 is 2.86 bits per heavy atom. The van der Waals surface area contributed by atoms with Crippen LogP contribution in [0.1, 0.15) is 15.9 Å². The molecule has 0 radical (unpaired) electrons. The number of hydrogen-bond donors (Lipinski definition) is 1. The number of amides is 1. The molecular formula is C16H12N4O. The molecule has 0 bridgehead atoms. The van der Waals surface area contributed by atoms with E-state index in [-0.39, 0.29) is 5.91 Å². The zero-order valence-corrected chi connectivity index (χ0v) is 11.1. The number of rotatable bonds is 3. The van der Waals surface area contributed by atoms with E-state index in [1.54, 1.807) is 30.7 Å². The van der Waals surface area contributed by atoms with E-state index in [0.29, 0.717) is 5.56 Å². The van der Waals surface area contributed by atoms with Crippen LogP contribution in [0.15, 0.2) is 66.2 Å². The van der Waals surface area contributed by atoms with Gasteiger partial charge in [0.15, 0.2) is 0 Å². The van der Waals surface area contributed by atoms with Gasteiger partial charge in [0, 0.05) is 29.5 Å². The molecule has 2 heterocycles. The van der Waals surface area contributed by atoms with Gasteiger partial charge in [0.1, 0.15) is 0 Å². The van der Waals surface area contributed by atoms with Crippen LogP contribution in [0.2, 0.25) is 0 Å². The molecule has 0 saturated heterocycles. The van der Waals surface area contributed by atoms with E-state index >= 15 is 0 Å². The second kappa shape index (κ2) is 5.92. The molecule has 5 nitrogen and oxygen atoms in total. The molecule has 0 saturated carbocycles. The fourth-order valence-electron chi connectivity index (χ4n) is 1.95. The minimum Gasteiger partial charge on any atom is -0.267 e. The van der Waals surface area contributed by atoms with Gasteiger partial charge >= 0.3 is 0 Å². The Morgan fingerprint density at radius 2 is 2.00 bits per heavy atom. The number of benzene rings is 1. The molecule has 0 fully saturated rings. The van der Waals surface area contributed by atoms with Gasteiger partial charge in [0.05, 0.1) is 17.3 Å². The summed E-state index contributed by atoms with van der Waals surface area (Å²) in [6.07, 6.45) is 6.43. The van der Waals surface area contributed by atoms with Crippen molar-refractivity contribution in [1.29, 1.82) is 0 Å². The van der Waals surface area contributed by atoms with E-state index in [1.807, 2.05) is 30.3 Å². The summed E-state index contributed by atoms with van der Waals surface area (Å²) in [5.41, 5.74) is 4.73. The fourth-order valence-corrected chi connectivity index (χ4v) is 1.95. The summed E-state index contributed by atoms with van der Waals surface area (Å²) in [6.45, 7) is 0. The van der Waals surface area contributed by atoms with Crippen LogP contribution < -0.4 is 5.43 Å². The average Bonchev–Trinajstić information content (AvgIpc) is 2.56. The molecule has 5 heteroatoms. The number of carbonyl (C=O) groups is 1. The molecule has 102 valence electrons. The van der Waals surface area contributed by atoms with Gasteiger partial charge in [-0.25, -0.2) is 5.43 Å². The monoisotopic (exact) mass is 276 g/mol. The number of nitrogens with zero attached hydrogens (tertiary/aromatic N) is 3. The van der Waals surface area contributed by atoms with Crippen LogP contribution in [0.3, 0.4) is 0 Å². The molecule has 0 atom stereocenters. The Bertz CT molecular complexity index is 794. The van der Waals surface area contributed by atoms with Crippen molar-refractivity contribution in [3.63, 3.8) is 0 Å². The molecule has 0 unspecified atom stereocenters. The zero-order valence-electron chi connectivity index (χ0n) is 11.1. The standard InChI is InChI=1S/C16H12N4O/c21-16(13-4-3-8-17-10-13)20-19-11-12-7-9-18-15-6-2-1-5-14(12)15/h1-11H,(H,20,21)/b19-11+. The summed E-state index contributed by atoms with van der Waals surface area (Å²) in [7, 11) is 0. The van der Waals surface area contributed by atoms with Crippen molar-refractivity contribution < 1.29 is 4.79 Å². The Labute approximate surface area is 121 Å². The van der Waals surface area contributed by atoms with E-state index in [9.17, 15) is 4.79 Å². The number of carbonyl (C=O) groups excluding carboxylic acids is 1. The minimum absolute atomic E-state index is 0.294. The predicted molar refractivity (Wildman–Crippen MR) is 81.0 cm³/mol. The highest BCUT2D eigenvalue weighted by atomic mass is 16.2. The lowest BCUT2D eigenvalue weighted by Crippen LogP contribution is -2.17. The number of nitrogens with one attached hydrogen (secondary N) is 1. The number of aromatic nitrogens is 2. The predicted octanol–water partition coefficient (Wildman–Crippen LogP) is 2.39. The lowest BCUT2D eigenvalue weighted by molar-refractivity contribution is 0.0955. The topological polar surface area (TPSA) is 67.2 Å². The Kier molecular flexibility index (Phi) is 3.64. The van der Waals surface area contributed by atoms with Crippen LogP contribution in [-0.4, -0.2) is 22.1 Å². The third-order valence-corrected chi connectivity index (χ3v) is 2.98. The van der Waals surface area contributed by atoms with Gasteiger partial charge in [-0.1, -0.05) is 18.2 Å². The summed E-state index contributed by atoms with van der Waals surface area (Å²) >= 11 is 0. The Hall–Kier alpha value is -3.08. The molecule has 1 aromatic carbocycles. The minimum atomic E-state index is -0.294. The largest absolute Gasteiger partial charge is 0.272 e. The molecule has 0 aliphatic rings. The van der Waals surface area contributed by atoms with Gasteiger partial charge in [-0.3, -0.25) is 14.8 Å². The van der Waals surface area contributed by atoms with E-state index in [2.05, 4.69) is 20.5 Å². The van der Waals surface area contributed by atoms with Crippen molar-refractivity contribution in [2.24, 2.45) is 5.10 Å². The third-order valence-electron chi connectivity index (χ3n) is 2.98. The normalized spacial score (nSPS) is 10.9. The maximum atomic E-state index is 11.8. The highest BCUT2D eigenvalue weighted by Crippen LogP contribution is 2.14. The van der Waals surface area contributed by atoms with Crippen molar-refractivity contribution in [3.8, 4) is 0 Å². The first-order chi connectivity index (χ1) is 10.3. The first kappa shape index (κ1) is 12.9. The SMILES string of the molecule is O=C(N/N=C/c1ccnc2ccccc12)c1cccnc1. The number of hydrogen-bond acceptors (Lipinski definition) is 4. The average molecular weight is 276 g/mol. The van der Waals surface area contributed by atoms with E-state index in [0.717, 1.165) is 16.5 Å². The van der Waals surface area contributed by atoms with E-state index in [1.165, 1.54) is 6.20 Å². The van der Waals surface area contributed by atoms with Gasteiger partial charge < -0.3 is 0 Å². The molecule has 2 aromatic heterocycles. The maximum absolute atomic E-state index is 11.8. The first-order valence-electron chi connectivity index (χ1n) is 6.42. The smallest absolute Gasteiger partial charge is 0.267 e. The summed E-state index contributed by atoms with van der Waals surface area (Å²) in [4.78, 5) is 20.0. The van der Waals surface area contributed by atoms with Crippen molar-refractivity contribution in [2.75, 3.05) is 0 Å². The summed E-state index contributed by atoms with van der Waals surface area (Å²) < 4.78 is 0. The van der Waals surface area contributed by atoms with Crippen LogP contribution >= 0.6 is 0 Å². The highest BCUT2D eigenvalue weighted by molar-refractivity contribution is 5.99. The number of pyridine rings is 2. The first-order valence-corrected chi connectivity index (χ1v) is 6.42. The van der Waals surface area contributed by atoms with Gasteiger partial charge in [-0.2, -0.15) is 5.10 Å². The van der Waals surface area contributed by atoms with Gasteiger partial charge in [-0.15, -0.1) is 0 Å². The van der Waals surface area contributed by atoms with Crippen molar-refractivity contribution in [3.05, 3.63) is 72.2 Å². The van der Waals surface area contributed by atoms with Crippen molar-refractivity contribution in [1.82, 2.24) is 15.4 Å². The van der Waals surface area contributed by atoms with E-state index in [4.69, 9.17) is 0 Å². The fraction of sp³-hybridized carbons (Fsp3) is 0. The molecule has 3 rings (SSSR count). The summed E-state index contributed by atoms with van der Waals surface area (Å²) in [5.74, 6) is -0.294. The molecule has 0 aliphatic heterocycles. The molecule has 3 aromatic rings. The Balaban J connectivity index is 1.78. The molecular weight excluding hydrogens is 264 g/mol. The highest BCUT2D eigenvalue weighted by Gasteiger charge is 2.03. The van der Waals surface area contributed by atoms with Crippen molar-refractivity contribution in [2.45, 2.75) is 0 Å². The summed E-state index contributed by atoms with van der Waals surface area (Å²) in [6, 6.07) is 13.0. The van der Waals surface area contributed by atoms with Crippen LogP contribution in [0.25, 0.3) is 10.9 Å². The molecule has 0 spiro atoms. The zero-order chi connectivity index (χ0) is 14.5. The quantitative estimate of drug-likeness (QED) is 0.590. The van der Waals surface area contributed by atoms with E-state index < -0.39 is 0 Å². The van der Waals surface area contributed by atoms with Gasteiger partial charge in [-0.05, 0) is 24.3 Å². The lowest BCUT2D eigenvalue weighted by atomic mass is 10.1. The molecule has 1 N–H and O–H groups in total. The summed E-state index contributed by atoms with van der Waals surface area (Å²) in [5, 5.41) is 4.97. The second-order valence-electron chi connectivity index (χ2n) is 4.36. The van der Waals surface area contributed by atoms with Gasteiger partial charge in [0.25, 0.3) is 5.91 Å². The molecule has 1 amide bonds. The number of fused-ring (bicyclic) bond motifs is 1. The second-order valence-corrected chi connectivity index (χ2v) is 4.36.